The number of alkyl halides is 3. The number of rotatable bonds is 4. The van der Waals surface area contributed by atoms with Crippen molar-refractivity contribution >= 4 is 11.9 Å². The van der Waals surface area contributed by atoms with E-state index in [2.05, 4.69) is 0 Å². The van der Waals surface area contributed by atoms with Crippen molar-refractivity contribution in [2.75, 3.05) is 0 Å². The van der Waals surface area contributed by atoms with Gasteiger partial charge in [-0.1, -0.05) is 43.2 Å². The van der Waals surface area contributed by atoms with Gasteiger partial charge in [0.15, 0.2) is 0 Å². The molecule has 0 radical (unpaired) electrons. The third-order valence-corrected chi connectivity index (χ3v) is 3.58. The van der Waals surface area contributed by atoms with Crippen LogP contribution in [0.3, 0.4) is 0 Å². The van der Waals surface area contributed by atoms with E-state index in [0.29, 0.717) is 13.0 Å². The Hall–Kier alpha value is -2.09. The lowest BCUT2D eigenvalue weighted by Gasteiger charge is -2.21. The fourth-order valence-corrected chi connectivity index (χ4v) is 2.33. The van der Waals surface area contributed by atoms with Gasteiger partial charge in [-0.3, -0.25) is 4.79 Å². The molecule has 0 bridgehead atoms. The fourth-order valence-electron chi connectivity index (χ4n) is 2.33. The second kappa shape index (κ2) is 8.68. The van der Waals surface area contributed by atoms with E-state index in [4.69, 9.17) is 20.4 Å². The van der Waals surface area contributed by atoms with Crippen molar-refractivity contribution < 1.29 is 32.6 Å². The molecule has 1 aliphatic rings. The Balaban J connectivity index is 0.000000351. The highest BCUT2D eigenvalue weighted by molar-refractivity contribution is 5.73. The molecule has 5 nitrogen and oxygen atoms in total. The maximum atomic E-state index is 11.7. The van der Waals surface area contributed by atoms with E-state index in [0.717, 1.165) is 31.2 Å². The summed E-state index contributed by atoms with van der Waals surface area (Å²) in [6.45, 7) is 0.343. The summed E-state index contributed by atoms with van der Waals surface area (Å²) < 4.78 is 37.0. The fraction of sp³-hybridized carbons (Fsp3) is 0.500. The number of carboxylic acids is 1. The van der Waals surface area contributed by atoms with Gasteiger partial charge in [0, 0.05) is 5.54 Å². The number of esters is 1. The van der Waals surface area contributed by atoms with Crippen molar-refractivity contribution in [3.8, 4) is 0 Å². The molecule has 0 aromatic heterocycles. The smallest absolute Gasteiger partial charge is 0.475 e. The Kier molecular flexibility index (Phi) is 7.21. The summed E-state index contributed by atoms with van der Waals surface area (Å²) in [4.78, 5) is 20.6. The lowest BCUT2D eigenvalue weighted by Crippen LogP contribution is -2.39. The SMILES string of the molecule is NC1(CC(=O)OCc2ccccc2)CCCC1.O=C(O)C(F)(F)F. The van der Waals surface area contributed by atoms with Gasteiger partial charge in [0.25, 0.3) is 0 Å². The lowest BCUT2D eigenvalue weighted by molar-refractivity contribution is -0.192. The molecule has 8 heteroatoms. The summed E-state index contributed by atoms with van der Waals surface area (Å²) in [5.41, 5.74) is 6.83. The monoisotopic (exact) mass is 347 g/mol. The molecule has 1 fully saturated rings. The molecule has 24 heavy (non-hydrogen) atoms. The average molecular weight is 347 g/mol. The molecule has 0 heterocycles. The first-order valence-electron chi connectivity index (χ1n) is 7.41. The number of halogens is 3. The summed E-state index contributed by atoms with van der Waals surface area (Å²) in [6, 6.07) is 9.70. The zero-order valence-corrected chi connectivity index (χ0v) is 13.0. The van der Waals surface area contributed by atoms with Crippen LogP contribution in [-0.2, 0) is 20.9 Å². The first kappa shape index (κ1) is 20.0. The minimum Gasteiger partial charge on any atom is -0.475 e. The first-order chi connectivity index (χ1) is 11.1. The van der Waals surface area contributed by atoms with E-state index in [1.807, 2.05) is 30.3 Å². The Morgan fingerprint density at radius 1 is 1.17 bits per heavy atom. The predicted octanol–water partition coefficient (Wildman–Crippen LogP) is 3.02. The normalized spacial score (nSPS) is 16.0. The zero-order chi connectivity index (χ0) is 18.2. The highest BCUT2D eigenvalue weighted by Gasteiger charge is 2.38. The summed E-state index contributed by atoms with van der Waals surface area (Å²) in [5.74, 6) is -2.94. The van der Waals surface area contributed by atoms with Gasteiger partial charge in [-0.05, 0) is 18.4 Å². The Morgan fingerprint density at radius 3 is 2.12 bits per heavy atom. The molecule has 0 aliphatic heterocycles. The van der Waals surface area contributed by atoms with Crippen LogP contribution in [-0.4, -0.2) is 28.8 Å². The summed E-state index contributed by atoms with van der Waals surface area (Å²) in [7, 11) is 0. The Morgan fingerprint density at radius 2 is 1.67 bits per heavy atom. The number of carboxylic acid groups (broad SMARTS) is 1. The molecule has 0 atom stereocenters. The summed E-state index contributed by atoms with van der Waals surface area (Å²) in [6.07, 6.45) is -0.606. The molecule has 1 aromatic rings. The molecule has 1 aromatic carbocycles. The average Bonchev–Trinajstić information content (AvgIpc) is 2.92. The summed E-state index contributed by atoms with van der Waals surface area (Å²) in [5, 5.41) is 7.12. The molecule has 1 aliphatic carbocycles. The van der Waals surface area contributed by atoms with Gasteiger partial charge in [0.1, 0.15) is 6.61 Å². The number of nitrogens with two attached hydrogens (primary N) is 1. The van der Waals surface area contributed by atoms with E-state index in [-0.39, 0.29) is 11.5 Å². The molecule has 3 N–H and O–H groups in total. The third-order valence-electron chi connectivity index (χ3n) is 3.58. The standard InChI is InChI=1S/C14H19NO2.C2HF3O2/c15-14(8-4-5-9-14)10-13(16)17-11-12-6-2-1-3-7-12;3-2(4,5)1(6)7/h1-3,6-7H,4-5,8-11,15H2;(H,6,7). The molecule has 0 saturated heterocycles. The van der Waals surface area contributed by atoms with Gasteiger partial charge >= 0.3 is 18.1 Å². The van der Waals surface area contributed by atoms with Gasteiger partial charge in [0.05, 0.1) is 6.42 Å². The van der Waals surface area contributed by atoms with Gasteiger partial charge in [-0.25, -0.2) is 4.79 Å². The number of hydrogen-bond donors (Lipinski definition) is 2. The van der Waals surface area contributed by atoms with Gasteiger partial charge in [-0.2, -0.15) is 13.2 Å². The molecule has 0 spiro atoms. The van der Waals surface area contributed by atoms with Gasteiger partial charge in [0.2, 0.25) is 0 Å². The largest absolute Gasteiger partial charge is 0.490 e. The molecular formula is C16H20F3NO4. The van der Waals surface area contributed by atoms with Crippen LogP contribution in [0.25, 0.3) is 0 Å². The highest BCUT2D eigenvalue weighted by atomic mass is 19.4. The van der Waals surface area contributed by atoms with Gasteiger partial charge in [-0.15, -0.1) is 0 Å². The predicted molar refractivity (Wildman–Crippen MR) is 79.9 cm³/mol. The quantitative estimate of drug-likeness (QED) is 0.817. The van der Waals surface area contributed by atoms with Crippen molar-refractivity contribution in [1.29, 1.82) is 0 Å². The van der Waals surface area contributed by atoms with Crippen molar-refractivity contribution in [1.82, 2.24) is 0 Å². The van der Waals surface area contributed by atoms with Crippen molar-refractivity contribution in [2.24, 2.45) is 5.73 Å². The second-order valence-electron chi connectivity index (χ2n) is 5.70. The lowest BCUT2D eigenvalue weighted by atomic mass is 9.95. The van der Waals surface area contributed by atoms with E-state index < -0.39 is 12.1 Å². The molecule has 134 valence electrons. The minimum atomic E-state index is -5.08. The van der Waals surface area contributed by atoms with Crippen LogP contribution in [0.1, 0.15) is 37.7 Å². The zero-order valence-electron chi connectivity index (χ0n) is 13.0. The van der Waals surface area contributed by atoms with Crippen LogP contribution < -0.4 is 5.73 Å². The summed E-state index contributed by atoms with van der Waals surface area (Å²) >= 11 is 0. The molecule has 1 saturated carbocycles. The second-order valence-corrected chi connectivity index (χ2v) is 5.70. The Labute approximate surface area is 137 Å². The topological polar surface area (TPSA) is 89.6 Å². The highest BCUT2D eigenvalue weighted by Crippen LogP contribution is 2.30. The van der Waals surface area contributed by atoms with Gasteiger partial charge < -0.3 is 15.6 Å². The number of carbonyl (C=O) groups is 2. The van der Waals surface area contributed by atoms with Crippen molar-refractivity contribution in [3.05, 3.63) is 35.9 Å². The van der Waals surface area contributed by atoms with Crippen LogP contribution in [0.15, 0.2) is 30.3 Å². The van der Waals surface area contributed by atoms with Crippen LogP contribution >= 0.6 is 0 Å². The van der Waals surface area contributed by atoms with E-state index in [1.165, 1.54) is 0 Å². The number of aliphatic carboxylic acids is 1. The van der Waals surface area contributed by atoms with Crippen LogP contribution in [0.2, 0.25) is 0 Å². The number of carbonyl (C=O) groups excluding carboxylic acids is 1. The minimum absolute atomic E-state index is 0.182. The maximum absolute atomic E-state index is 11.7. The van der Waals surface area contributed by atoms with Crippen LogP contribution in [0.4, 0.5) is 13.2 Å². The van der Waals surface area contributed by atoms with E-state index in [1.54, 1.807) is 0 Å². The first-order valence-corrected chi connectivity index (χ1v) is 7.41. The maximum Gasteiger partial charge on any atom is 0.490 e. The number of ether oxygens (including phenoxy) is 1. The molecule has 2 rings (SSSR count). The van der Waals surface area contributed by atoms with Crippen LogP contribution in [0.5, 0.6) is 0 Å². The molecular weight excluding hydrogens is 327 g/mol. The molecule has 0 amide bonds. The van der Waals surface area contributed by atoms with Crippen molar-refractivity contribution in [2.45, 2.75) is 50.4 Å². The van der Waals surface area contributed by atoms with E-state index in [9.17, 15) is 18.0 Å². The number of hydrogen-bond acceptors (Lipinski definition) is 4. The number of benzene rings is 1. The molecule has 0 unspecified atom stereocenters. The van der Waals surface area contributed by atoms with E-state index >= 15 is 0 Å². The third kappa shape index (κ3) is 7.45. The van der Waals surface area contributed by atoms with Crippen LogP contribution in [0, 0.1) is 0 Å². The van der Waals surface area contributed by atoms with Crippen molar-refractivity contribution in [3.63, 3.8) is 0 Å². The Bertz CT molecular complexity index is 540.